The average Bonchev–Trinajstić information content (AvgIpc) is 2.32. The molecule has 0 aromatic heterocycles. The Morgan fingerprint density at radius 2 is 2.17 bits per heavy atom. The molecule has 0 aliphatic carbocycles. The lowest BCUT2D eigenvalue weighted by atomic mass is 10.2. The van der Waals surface area contributed by atoms with Gasteiger partial charge in [0.15, 0.2) is 0 Å². The first-order chi connectivity index (χ1) is 8.63. The van der Waals surface area contributed by atoms with Crippen LogP contribution in [0.25, 0.3) is 0 Å². The molecule has 0 bridgehead atoms. The summed E-state index contributed by atoms with van der Waals surface area (Å²) in [5.41, 5.74) is 6.32. The highest BCUT2D eigenvalue weighted by atomic mass is 35.5. The van der Waals surface area contributed by atoms with E-state index in [1.54, 1.807) is 12.1 Å². The molecular weight excluding hydrogens is 291 g/mol. The maximum Gasteiger partial charge on any atom is 0.230 e. The largest absolute Gasteiger partial charge is 0.355 e. The van der Waals surface area contributed by atoms with E-state index in [4.69, 9.17) is 28.9 Å². The molecule has 0 aliphatic heterocycles. The van der Waals surface area contributed by atoms with Crippen molar-refractivity contribution in [1.82, 2.24) is 5.32 Å². The van der Waals surface area contributed by atoms with Gasteiger partial charge in [-0.25, -0.2) is 0 Å². The van der Waals surface area contributed by atoms with Gasteiger partial charge >= 0.3 is 0 Å². The SMILES string of the molecule is NCCCNC(=O)CSCc1ccc(Cl)cc1Cl. The third kappa shape index (κ3) is 5.96. The Kier molecular flexibility index (Phi) is 7.51. The molecule has 0 saturated carbocycles. The highest BCUT2D eigenvalue weighted by Gasteiger charge is 2.04. The molecule has 1 rings (SSSR count). The molecule has 0 fully saturated rings. The molecular formula is C12H16Cl2N2OS. The van der Waals surface area contributed by atoms with Gasteiger partial charge in [-0.3, -0.25) is 4.79 Å². The minimum atomic E-state index is 0.0264. The lowest BCUT2D eigenvalue weighted by Gasteiger charge is -2.06. The summed E-state index contributed by atoms with van der Waals surface area (Å²) in [5.74, 6) is 1.14. The second kappa shape index (κ2) is 8.64. The Labute approximate surface area is 121 Å². The molecule has 18 heavy (non-hydrogen) atoms. The summed E-state index contributed by atoms with van der Waals surface area (Å²) in [5, 5.41) is 4.06. The minimum Gasteiger partial charge on any atom is -0.355 e. The van der Waals surface area contributed by atoms with Gasteiger partial charge in [0, 0.05) is 22.3 Å². The van der Waals surface area contributed by atoms with E-state index in [2.05, 4.69) is 5.32 Å². The fraction of sp³-hybridized carbons (Fsp3) is 0.417. The van der Waals surface area contributed by atoms with Gasteiger partial charge in [0.1, 0.15) is 0 Å². The predicted molar refractivity (Wildman–Crippen MR) is 79.3 cm³/mol. The van der Waals surface area contributed by atoms with E-state index < -0.39 is 0 Å². The van der Waals surface area contributed by atoms with E-state index in [1.165, 1.54) is 11.8 Å². The zero-order chi connectivity index (χ0) is 13.4. The molecule has 0 radical (unpaired) electrons. The number of hydrogen-bond donors (Lipinski definition) is 2. The van der Waals surface area contributed by atoms with Gasteiger partial charge in [0.2, 0.25) is 5.91 Å². The Balaban J connectivity index is 2.26. The van der Waals surface area contributed by atoms with Crippen molar-refractivity contribution in [1.29, 1.82) is 0 Å². The second-order valence-electron chi connectivity index (χ2n) is 3.72. The quantitative estimate of drug-likeness (QED) is 0.762. The molecule has 3 N–H and O–H groups in total. The predicted octanol–water partition coefficient (Wildman–Crippen LogP) is 2.69. The molecule has 0 heterocycles. The third-order valence-corrected chi connectivity index (χ3v) is 3.78. The first-order valence-corrected chi connectivity index (χ1v) is 7.53. The van der Waals surface area contributed by atoms with Crippen LogP contribution < -0.4 is 11.1 Å². The minimum absolute atomic E-state index is 0.0264. The van der Waals surface area contributed by atoms with Crippen LogP contribution >= 0.6 is 35.0 Å². The van der Waals surface area contributed by atoms with Crippen LogP contribution in [0.1, 0.15) is 12.0 Å². The molecule has 100 valence electrons. The topological polar surface area (TPSA) is 55.1 Å². The Morgan fingerprint density at radius 1 is 1.39 bits per heavy atom. The molecule has 0 unspecified atom stereocenters. The van der Waals surface area contributed by atoms with Crippen molar-refractivity contribution in [3.8, 4) is 0 Å². The van der Waals surface area contributed by atoms with E-state index >= 15 is 0 Å². The molecule has 3 nitrogen and oxygen atoms in total. The van der Waals surface area contributed by atoms with Gasteiger partial charge < -0.3 is 11.1 Å². The number of rotatable bonds is 7. The smallest absolute Gasteiger partial charge is 0.230 e. The number of hydrogen-bond acceptors (Lipinski definition) is 3. The van der Waals surface area contributed by atoms with Crippen molar-refractivity contribution in [3.05, 3.63) is 33.8 Å². The highest BCUT2D eigenvalue weighted by Crippen LogP contribution is 2.24. The van der Waals surface area contributed by atoms with Gasteiger partial charge in [0.25, 0.3) is 0 Å². The van der Waals surface area contributed by atoms with Crippen LogP contribution in [0, 0.1) is 0 Å². The molecule has 1 aromatic rings. The molecule has 0 saturated heterocycles. The summed E-state index contributed by atoms with van der Waals surface area (Å²) in [6, 6.07) is 5.38. The van der Waals surface area contributed by atoms with Gasteiger partial charge in [-0.2, -0.15) is 0 Å². The summed E-state index contributed by atoms with van der Waals surface area (Å²) in [7, 11) is 0. The van der Waals surface area contributed by atoms with Gasteiger partial charge in [-0.15, -0.1) is 11.8 Å². The monoisotopic (exact) mass is 306 g/mol. The van der Waals surface area contributed by atoms with Crippen LogP contribution in [-0.4, -0.2) is 24.7 Å². The molecule has 1 aromatic carbocycles. The number of halogens is 2. The zero-order valence-corrected chi connectivity index (χ0v) is 12.2. The van der Waals surface area contributed by atoms with Crippen LogP contribution in [0.4, 0.5) is 0 Å². The number of carbonyl (C=O) groups excluding carboxylic acids is 1. The van der Waals surface area contributed by atoms with Crippen LogP contribution in [0.15, 0.2) is 18.2 Å². The number of amides is 1. The van der Waals surface area contributed by atoms with E-state index in [-0.39, 0.29) is 5.91 Å². The van der Waals surface area contributed by atoms with Crippen molar-refractivity contribution in [3.63, 3.8) is 0 Å². The summed E-state index contributed by atoms with van der Waals surface area (Å²) in [4.78, 5) is 11.4. The first-order valence-electron chi connectivity index (χ1n) is 5.62. The average molecular weight is 307 g/mol. The normalized spacial score (nSPS) is 10.4. The van der Waals surface area contributed by atoms with Crippen molar-refractivity contribution < 1.29 is 4.79 Å². The number of nitrogens with one attached hydrogen (secondary N) is 1. The first kappa shape index (κ1) is 15.6. The Hall–Kier alpha value is -0.420. The molecule has 0 atom stereocenters. The van der Waals surface area contributed by atoms with E-state index in [0.29, 0.717) is 34.6 Å². The highest BCUT2D eigenvalue weighted by molar-refractivity contribution is 7.99. The lowest BCUT2D eigenvalue weighted by Crippen LogP contribution is -2.27. The number of thioether (sulfide) groups is 1. The van der Waals surface area contributed by atoms with Crippen LogP contribution in [0.2, 0.25) is 10.0 Å². The number of benzene rings is 1. The molecule has 1 amide bonds. The van der Waals surface area contributed by atoms with Crippen molar-refractivity contribution in [2.45, 2.75) is 12.2 Å². The van der Waals surface area contributed by atoms with Gasteiger partial charge in [-0.05, 0) is 30.7 Å². The van der Waals surface area contributed by atoms with E-state index in [9.17, 15) is 4.79 Å². The summed E-state index contributed by atoms with van der Waals surface area (Å²) in [6.45, 7) is 1.23. The molecule has 6 heteroatoms. The number of carbonyl (C=O) groups is 1. The second-order valence-corrected chi connectivity index (χ2v) is 5.55. The summed E-state index contributed by atoms with van der Waals surface area (Å²) >= 11 is 13.4. The summed E-state index contributed by atoms with van der Waals surface area (Å²) < 4.78 is 0. The standard InChI is InChI=1S/C12H16Cl2N2OS/c13-10-3-2-9(11(14)6-10)7-18-8-12(17)16-5-1-4-15/h2-3,6H,1,4-5,7-8,15H2,(H,16,17). The number of nitrogens with two attached hydrogens (primary N) is 1. The Morgan fingerprint density at radius 3 is 2.83 bits per heavy atom. The van der Waals surface area contributed by atoms with Crippen LogP contribution in [0.5, 0.6) is 0 Å². The molecule has 0 aliphatic rings. The fourth-order valence-electron chi connectivity index (χ4n) is 1.27. The van der Waals surface area contributed by atoms with Crippen molar-refractivity contribution >= 4 is 40.9 Å². The van der Waals surface area contributed by atoms with E-state index in [1.807, 2.05) is 6.07 Å². The van der Waals surface area contributed by atoms with Gasteiger partial charge in [0.05, 0.1) is 5.75 Å². The van der Waals surface area contributed by atoms with Crippen molar-refractivity contribution in [2.24, 2.45) is 5.73 Å². The van der Waals surface area contributed by atoms with Crippen molar-refractivity contribution in [2.75, 3.05) is 18.8 Å². The maximum atomic E-state index is 11.4. The van der Waals surface area contributed by atoms with E-state index in [0.717, 1.165) is 12.0 Å². The third-order valence-electron chi connectivity index (χ3n) is 2.21. The zero-order valence-electron chi connectivity index (χ0n) is 9.92. The van der Waals surface area contributed by atoms with Crippen LogP contribution in [0.3, 0.4) is 0 Å². The maximum absolute atomic E-state index is 11.4. The van der Waals surface area contributed by atoms with Crippen LogP contribution in [-0.2, 0) is 10.5 Å². The summed E-state index contributed by atoms with van der Waals surface area (Å²) in [6.07, 6.45) is 0.805. The molecule has 0 spiro atoms. The van der Waals surface area contributed by atoms with Gasteiger partial charge in [-0.1, -0.05) is 29.3 Å². The lowest BCUT2D eigenvalue weighted by molar-refractivity contribution is -0.118. The Bertz CT molecular complexity index is 402. The fourth-order valence-corrected chi connectivity index (χ4v) is 2.69.